The Kier molecular flexibility index (Phi) is 4.23. The van der Waals surface area contributed by atoms with Crippen LogP contribution in [0.2, 0.25) is 5.02 Å². The zero-order chi connectivity index (χ0) is 12.3. The van der Waals surface area contributed by atoms with Gasteiger partial charge in [0.05, 0.1) is 8.59 Å². The highest BCUT2D eigenvalue weighted by Crippen LogP contribution is 2.24. The fraction of sp³-hybridized carbons (Fsp3) is 0.0769. The first-order valence-corrected chi connectivity index (χ1v) is 6.44. The number of ether oxygens (including phenoxy) is 1. The van der Waals surface area contributed by atoms with Crippen molar-refractivity contribution in [3.05, 3.63) is 62.4 Å². The van der Waals surface area contributed by atoms with Crippen molar-refractivity contribution in [2.24, 2.45) is 0 Å². The van der Waals surface area contributed by atoms with E-state index in [1.165, 1.54) is 6.07 Å². The monoisotopic (exact) mass is 362 g/mol. The lowest BCUT2D eigenvalue weighted by atomic mass is 10.2. The van der Waals surface area contributed by atoms with Crippen molar-refractivity contribution in [1.29, 1.82) is 0 Å². The minimum atomic E-state index is -0.344. The van der Waals surface area contributed by atoms with E-state index >= 15 is 0 Å². The number of hydrogen-bond acceptors (Lipinski definition) is 1. The Morgan fingerprint density at radius 2 is 1.88 bits per heavy atom. The van der Waals surface area contributed by atoms with Crippen LogP contribution in [0, 0.1) is 9.39 Å². The maximum Gasteiger partial charge on any atom is 0.133 e. The largest absolute Gasteiger partial charge is 0.488 e. The quantitative estimate of drug-likeness (QED) is 0.722. The molecule has 2 aromatic carbocycles. The molecule has 0 saturated heterocycles. The summed E-state index contributed by atoms with van der Waals surface area (Å²) in [5.41, 5.74) is 0.383. The molecule has 1 nitrogen and oxygen atoms in total. The molecule has 0 aliphatic rings. The molecule has 0 atom stereocenters. The molecule has 17 heavy (non-hydrogen) atoms. The normalized spacial score (nSPS) is 10.3. The summed E-state index contributed by atoms with van der Waals surface area (Å²) >= 11 is 8.08. The molecule has 0 unspecified atom stereocenters. The Morgan fingerprint density at radius 3 is 2.59 bits per heavy atom. The Balaban J connectivity index is 2.16. The average molecular weight is 363 g/mol. The van der Waals surface area contributed by atoms with Gasteiger partial charge in [0, 0.05) is 5.56 Å². The van der Waals surface area contributed by atoms with Crippen molar-refractivity contribution in [2.75, 3.05) is 0 Å². The van der Waals surface area contributed by atoms with E-state index in [4.69, 9.17) is 16.3 Å². The third kappa shape index (κ3) is 3.10. The molecule has 0 aliphatic heterocycles. The van der Waals surface area contributed by atoms with Crippen molar-refractivity contribution < 1.29 is 9.13 Å². The number of rotatable bonds is 3. The first-order valence-electron chi connectivity index (χ1n) is 4.98. The van der Waals surface area contributed by atoms with Crippen molar-refractivity contribution in [3.63, 3.8) is 0 Å². The summed E-state index contributed by atoms with van der Waals surface area (Å²) in [7, 11) is 0. The highest BCUT2D eigenvalue weighted by atomic mass is 127. The van der Waals surface area contributed by atoms with E-state index in [0.717, 1.165) is 9.32 Å². The van der Waals surface area contributed by atoms with Crippen LogP contribution >= 0.6 is 34.2 Å². The van der Waals surface area contributed by atoms with Crippen LogP contribution < -0.4 is 4.74 Å². The summed E-state index contributed by atoms with van der Waals surface area (Å²) in [5, 5.41) is 0.385. The lowest BCUT2D eigenvalue weighted by Crippen LogP contribution is -2.00. The van der Waals surface area contributed by atoms with E-state index < -0.39 is 0 Å². The van der Waals surface area contributed by atoms with Crippen LogP contribution in [0.4, 0.5) is 4.39 Å². The molecule has 4 heteroatoms. The minimum Gasteiger partial charge on any atom is -0.488 e. The highest BCUT2D eigenvalue weighted by Gasteiger charge is 2.08. The average Bonchev–Trinajstić information content (AvgIpc) is 2.30. The van der Waals surface area contributed by atoms with Gasteiger partial charge in [-0.1, -0.05) is 29.8 Å². The zero-order valence-corrected chi connectivity index (χ0v) is 11.7. The third-order valence-electron chi connectivity index (χ3n) is 2.27. The van der Waals surface area contributed by atoms with E-state index in [-0.39, 0.29) is 12.4 Å². The minimum absolute atomic E-state index is 0.130. The standard InChI is InChI=1S/C13H9ClFIO/c14-10-4-3-5-11(15)9(10)8-17-13-7-2-1-6-12(13)16/h1-7H,8H2. The highest BCUT2D eigenvalue weighted by molar-refractivity contribution is 14.1. The molecular weight excluding hydrogens is 353 g/mol. The van der Waals surface area contributed by atoms with E-state index in [2.05, 4.69) is 22.6 Å². The van der Waals surface area contributed by atoms with Crippen LogP contribution in [-0.4, -0.2) is 0 Å². The molecule has 2 rings (SSSR count). The van der Waals surface area contributed by atoms with Gasteiger partial charge in [-0.2, -0.15) is 0 Å². The molecule has 0 N–H and O–H groups in total. The Hall–Kier alpha value is -0.810. The van der Waals surface area contributed by atoms with E-state index in [1.807, 2.05) is 24.3 Å². The smallest absolute Gasteiger partial charge is 0.133 e. The van der Waals surface area contributed by atoms with Gasteiger partial charge < -0.3 is 4.74 Å². The van der Waals surface area contributed by atoms with Crippen LogP contribution in [0.5, 0.6) is 5.75 Å². The predicted molar refractivity (Wildman–Crippen MR) is 74.9 cm³/mol. The van der Waals surface area contributed by atoms with Gasteiger partial charge in [0.25, 0.3) is 0 Å². The molecular formula is C13H9ClFIO. The Labute approximate surface area is 118 Å². The predicted octanol–water partition coefficient (Wildman–Crippen LogP) is 4.66. The van der Waals surface area contributed by atoms with Crippen LogP contribution in [0.3, 0.4) is 0 Å². The maximum atomic E-state index is 13.5. The molecule has 0 fully saturated rings. The van der Waals surface area contributed by atoms with Gasteiger partial charge >= 0.3 is 0 Å². The van der Waals surface area contributed by atoms with Gasteiger partial charge in [0.15, 0.2) is 0 Å². The lowest BCUT2D eigenvalue weighted by Gasteiger charge is -2.09. The van der Waals surface area contributed by atoms with Gasteiger partial charge in [-0.15, -0.1) is 0 Å². The zero-order valence-electron chi connectivity index (χ0n) is 8.79. The van der Waals surface area contributed by atoms with E-state index in [9.17, 15) is 4.39 Å². The van der Waals surface area contributed by atoms with Gasteiger partial charge in [0.2, 0.25) is 0 Å². The molecule has 0 saturated carbocycles. The number of halogens is 3. The van der Waals surface area contributed by atoms with E-state index in [1.54, 1.807) is 12.1 Å². The molecule has 0 heterocycles. The second-order valence-electron chi connectivity index (χ2n) is 3.42. The van der Waals surface area contributed by atoms with E-state index in [0.29, 0.717) is 10.6 Å². The summed E-state index contributed by atoms with van der Waals surface area (Å²) in [6.07, 6.45) is 0. The first kappa shape index (κ1) is 12.6. The molecule has 0 aliphatic carbocycles. The van der Waals surface area contributed by atoms with Gasteiger partial charge in [-0.05, 0) is 46.9 Å². The number of hydrogen-bond donors (Lipinski definition) is 0. The van der Waals surface area contributed by atoms with Crippen molar-refractivity contribution in [2.45, 2.75) is 6.61 Å². The number of para-hydroxylation sites is 1. The van der Waals surface area contributed by atoms with Crippen molar-refractivity contribution >= 4 is 34.2 Å². The summed E-state index contributed by atoms with van der Waals surface area (Å²) in [4.78, 5) is 0. The molecule has 0 aromatic heterocycles. The molecule has 0 bridgehead atoms. The van der Waals surface area contributed by atoms with Crippen molar-refractivity contribution in [1.82, 2.24) is 0 Å². The molecule has 2 aromatic rings. The summed E-state index contributed by atoms with van der Waals surface area (Å²) < 4.78 is 20.0. The summed E-state index contributed by atoms with van der Waals surface area (Å²) in [5.74, 6) is 0.385. The van der Waals surface area contributed by atoms with Crippen LogP contribution in [0.1, 0.15) is 5.56 Å². The van der Waals surface area contributed by atoms with Crippen molar-refractivity contribution in [3.8, 4) is 5.75 Å². The van der Waals surface area contributed by atoms with Crippen LogP contribution in [0.15, 0.2) is 42.5 Å². The summed E-state index contributed by atoms with van der Waals surface area (Å²) in [6.45, 7) is 0.130. The summed E-state index contributed by atoms with van der Waals surface area (Å²) in [6, 6.07) is 12.2. The first-order chi connectivity index (χ1) is 8.18. The molecule has 0 radical (unpaired) electrons. The van der Waals surface area contributed by atoms with Gasteiger partial charge in [-0.3, -0.25) is 0 Å². The molecule has 88 valence electrons. The SMILES string of the molecule is Fc1cccc(Cl)c1COc1ccccc1I. The van der Waals surface area contributed by atoms with Crippen LogP contribution in [0.25, 0.3) is 0 Å². The maximum absolute atomic E-state index is 13.5. The topological polar surface area (TPSA) is 9.23 Å². The second kappa shape index (κ2) is 5.69. The Bertz CT molecular complexity index is 510. The third-order valence-corrected chi connectivity index (χ3v) is 3.52. The second-order valence-corrected chi connectivity index (χ2v) is 4.99. The van der Waals surface area contributed by atoms with Gasteiger partial charge in [0.1, 0.15) is 18.2 Å². The van der Waals surface area contributed by atoms with Crippen LogP contribution in [-0.2, 0) is 6.61 Å². The molecule has 0 spiro atoms. The lowest BCUT2D eigenvalue weighted by molar-refractivity contribution is 0.298. The fourth-order valence-electron chi connectivity index (χ4n) is 1.38. The number of benzene rings is 2. The Morgan fingerprint density at radius 1 is 1.12 bits per heavy atom. The van der Waals surface area contributed by atoms with Gasteiger partial charge in [-0.25, -0.2) is 4.39 Å². The molecule has 0 amide bonds. The fourth-order valence-corrected chi connectivity index (χ4v) is 2.14.